The highest BCUT2D eigenvalue weighted by molar-refractivity contribution is 6.01. The maximum Gasteiger partial charge on any atom is 0.244 e. The van der Waals surface area contributed by atoms with Crippen molar-refractivity contribution in [1.29, 1.82) is 0 Å². The van der Waals surface area contributed by atoms with Gasteiger partial charge in [0.2, 0.25) is 11.8 Å². The third kappa shape index (κ3) is 4.89. The van der Waals surface area contributed by atoms with Gasteiger partial charge in [-0.1, -0.05) is 48.5 Å². The topological polar surface area (TPSA) is 117 Å². The second-order valence-corrected chi connectivity index (χ2v) is 9.67. The van der Waals surface area contributed by atoms with Crippen LogP contribution in [0.25, 0.3) is 0 Å². The molecule has 0 radical (unpaired) electrons. The number of nitrogens with zero attached hydrogens (tertiary/aromatic N) is 2. The van der Waals surface area contributed by atoms with E-state index in [1.54, 1.807) is 13.8 Å². The fourth-order valence-electron chi connectivity index (χ4n) is 5.56. The van der Waals surface area contributed by atoms with Gasteiger partial charge in [-0.25, -0.2) is 10.9 Å². The maximum atomic E-state index is 13.6. The van der Waals surface area contributed by atoms with Crippen LogP contribution in [0, 0.1) is 11.8 Å². The molecular weight excluding hydrogens is 456 g/mol. The van der Waals surface area contributed by atoms with Crippen LogP contribution in [-0.4, -0.2) is 34.8 Å². The summed E-state index contributed by atoms with van der Waals surface area (Å²) >= 11 is 0. The number of nitrogens with one attached hydrogen (secondary N) is 2. The molecule has 36 heavy (non-hydrogen) atoms. The number of Topliss-reactive ketones (excluding diaryl/α,β-unsaturated/α-hetero) is 2. The number of rotatable bonds is 8. The normalized spacial score (nSPS) is 22.3. The Morgan fingerprint density at radius 2 is 0.917 bits per heavy atom. The third-order valence-electron chi connectivity index (χ3n) is 6.77. The monoisotopic (exact) mass is 486 g/mol. The highest BCUT2D eigenvalue weighted by Crippen LogP contribution is 2.58. The Labute approximate surface area is 210 Å². The van der Waals surface area contributed by atoms with Crippen molar-refractivity contribution >= 4 is 34.8 Å². The highest BCUT2D eigenvalue weighted by Gasteiger charge is 2.55. The predicted molar refractivity (Wildman–Crippen MR) is 137 cm³/mol. The van der Waals surface area contributed by atoms with Gasteiger partial charge in [0.1, 0.15) is 11.6 Å². The molecule has 0 saturated carbocycles. The molecule has 8 nitrogen and oxygen atoms in total. The molecule has 2 N–H and O–H groups in total. The number of amides is 2. The molecule has 2 bridgehead atoms. The molecule has 8 heteroatoms. The number of fused-ring (bicyclic) bond motifs is 1. The molecule has 2 amide bonds. The minimum atomic E-state index is -0.739. The molecular formula is C28H30N4O4. The zero-order chi connectivity index (χ0) is 26.0. The van der Waals surface area contributed by atoms with Gasteiger partial charge >= 0.3 is 0 Å². The van der Waals surface area contributed by atoms with E-state index in [0.29, 0.717) is 11.4 Å². The average Bonchev–Trinajstić information content (AvgIpc) is 2.84. The lowest BCUT2D eigenvalue weighted by molar-refractivity contribution is -0.137. The standard InChI is InChI=1S/C28H30N4O4/c1-15(13-17(3)33)29-31-27(35)25-23-19-9-5-7-11-21(19)24(22-12-8-6-10-20(22)23)26(25)28(36)32-30-16(2)14-18(4)34/h5-12,23-26H,13-14H2,1-4H3,(H,31,35)(H,32,36)/b29-15+,30-16+/t23?,24?,25-,26-/m1/s1. The lowest BCUT2D eigenvalue weighted by atomic mass is 9.54. The first-order valence-electron chi connectivity index (χ1n) is 12.0. The van der Waals surface area contributed by atoms with Gasteiger partial charge < -0.3 is 0 Å². The van der Waals surface area contributed by atoms with Crippen molar-refractivity contribution in [3.05, 3.63) is 70.8 Å². The van der Waals surface area contributed by atoms with Gasteiger partial charge in [0.05, 0.1) is 11.8 Å². The van der Waals surface area contributed by atoms with Crippen LogP contribution in [0.5, 0.6) is 0 Å². The van der Waals surface area contributed by atoms with E-state index in [9.17, 15) is 19.2 Å². The summed E-state index contributed by atoms with van der Waals surface area (Å²) in [5.41, 5.74) is 10.3. The molecule has 186 valence electrons. The van der Waals surface area contributed by atoms with E-state index in [2.05, 4.69) is 21.1 Å². The smallest absolute Gasteiger partial charge is 0.244 e. The summed E-state index contributed by atoms with van der Waals surface area (Å²) in [6.45, 7) is 6.28. The molecule has 2 aromatic rings. The molecule has 3 aliphatic rings. The molecule has 2 atom stereocenters. The Morgan fingerprint density at radius 3 is 1.19 bits per heavy atom. The second kappa shape index (κ2) is 10.4. The molecule has 0 aliphatic heterocycles. The zero-order valence-electron chi connectivity index (χ0n) is 20.9. The van der Waals surface area contributed by atoms with Crippen LogP contribution >= 0.6 is 0 Å². The van der Waals surface area contributed by atoms with Gasteiger partial charge in [0.15, 0.2) is 0 Å². The van der Waals surface area contributed by atoms with Crippen molar-refractivity contribution in [3.8, 4) is 0 Å². The van der Waals surface area contributed by atoms with Crippen molar-refractivity contribution < 1.29 is 19.2 Å². The second-order valence-electron chi connectivity index (χ2n) is 9.67. The van der Waals surface area contributed by atoms with Crippen LogP contribution in [0.2, 0.25) is 0 Å². The number of hydrazone groups is 2. The Bertz CT molecular complexity index is 1150. The van der Waals surface area contributed by atoms with Crippen LogP contribution < -0.4 is 10.9 Å². The van der Waals surface area contributed by atoms with Crippen molar-refractivity contribution in [2.24, 2.45) is 22.0 Å². The molecule has 3 aliphatic carbocycles. The molecule has 0 spiro atoms. The first-order chi connectivity index (χ1) is 17.2. The van der Waals surface area contributed by atoms with E-state index in [4.69, 9.17) is 0 Å². The molecule has 2 aromatic carbocycles. The minimum absolute atomic E-state index is 0.0545. The van der Waals surface area contributed by atoms with Crippen molar-refractivity contribution in [3.63, 3.8) is 0 Å². The highest BCUT2D eigenvalue weighted by atomic mass is 16.2. The number of hydrogen-bond acceptors (Lipinski definition) is 6. The quantitative estimate of drug-likeness (QED) is 0.439. The van der Waals surface area contributed by atoms with E-state index in [-0.39, 0.29) is 48.1 Å². The van der Waals surface area contributed by atoms with Gasteiger partial charge in [-0.15, -0.1) is 0 Å². The number of carbonyl (C=O) groups is 4. The molecule has 0 aromatic heterocycles. The maximum absolute atomic E-state index is 13.6. The largest absolute Gasteiger partial charge is 0.300 e. The lowest BCUT2D eigenvalue weighted by Gasteiger charge is -2.48. The Morgan fingerprint density at radius 1 is 0.611 bits per heavy atom. The van der Waals surface area contributed by atoms with Gasteiger partial charge in [-0.05, 0) is 49.9 Å². The number of benzene rings is 2. The van der Waals surface area contributed by atoms with Crippen LogP contribution in [0.4, 0.5) is 0 Å². The van der Waals surface area contributed by atoms with Crippen molar-refractivity contribution in [2.45, 2.75) is 52.4 Å². The summed E-state index contributed by atoms with van der Waals surface area (Å²) in [5, 5.41) is 8.27. The van der Waals surface area contributed by atoms with Gasteiger partial charge in [-0.2, -0.15) is 10.2 Å². The number of carbonyl (C=O) groups excluding carboxylic acids is 4. The summed E-state index contributed by atoms with van der Waals surface area (Å²) in [7, 11) is 0. The van der Waals surface area contributed by atoms with Crippen LogP contribution in [0.15, 0.2) is 58.7 Å². The van der Waals surface area contributed by atoms with Gasteiger partial charge in [0, 0.05) is 36.1 Å². The number of ketones is 2. The fourth-order valence-corrected chi connectivity index (χ4v) is 5.56. The van der Waals surface area contributed by atoms with Crippen molar-refractivity contribution in [2.75, 3.05) is 0 Å². The predicted octanol–water partition coefficient (Wildman–Crippen LogP) is 3.45. The third-order valence-corrected chi connectivity index (χ3v) is 6.77. The van der Waals surface area contributed by atoms with Gasteiger partial charge in [0.25, 0.3) is 0 Å². The SMILES string of the molecule is CC(=O)C/C(C)=N/NC(=O)[C@@H]1C2c3ccccc3C(c3ccccc32)[C@H]1C(=O)N/N=C(\C)CC(C)=O. The van der Waals surface area contributed by atoms with Crippen LogP contribution in [0.3, 0.4) is 0 Å². The first kappa shape index (κ1) is 25.2. The van der Waals surface area contributed by atoms with Crippen LogP contribution in [0.1, 0.15) is 74.6 Å². The van der Waals surface area contributed by atoms with E-state index >= 15 is 0 Å². The summed E-state index contributed by atoms with van der Waals surface area (Å²) < 4.78 is 0. The van der Waals surface area contributed by atoms with Crippen molar-refractivity contribution in [1.82, 2.24) is 10.9 Å². The Kier molecular flexibility index (Phi) is 7.24. The first-order valence-corrected chi connectivity index (χ1v) is 12.0. The number of hydrogen-bond donors (Lipinski definition) is 2. The fraction of sp³-hybridized carbons (Fsp3) is 0.357. The average molecular weight is 487 g/mol. The summed E-state index contributed by atoms with van der Waals surface area (Å²) in [6.07, 6.45) is 0.271. The van der Waals surface area contributed by atoms with E-state index in [0.717, 1.165) is 22.3 Å². The zero-order valence-corrected chi connectivity index (χ0v) is 20.9. The lowest BCUT2D eigenvalue weighted by Crippen LogP contribution is -2.51. The summed E-state index contributed by atoms with van der Waals surface area (Å²) in [5.74, 6) is -3.05. The Hall–Kier alpha value is -3.94. The summed E-state index contributed by atoms with van der Waals surface area (Å²) in [6, 6.07) is 15.8. The molecule has 0 heterocycles. The molecule has 0 unspecified atom stereocenters. The minimum Gasteiger partial charge on any atom is -0.300 e. The molecule has 0 saturated heterocycles. The van der Waals surface area contributed by atoms with Gasteiger partial charge in [-0.3, -0.25) is 19.2 Å². The van der Waals surface area contributed by atoms with Crippen LogP contribution in [-0.2, 0) is 19.2 Å². The van der Waals surface area contributed by atoms with E-state index < -0.39 is 11.8 Å². The molecule has 5 rings (SSSR count). The Balaban J connectivity index is 1.77. The van der Waals surface area contributed by atoms with E-state index in [1.807, 2.05) is 48.5 Å². The van der Waals surface area contributed by atoms with E-state index in [1.165, 1.54) is 13.8 Å². The molecule has 0 fully saturated rings. The summed E-state index contributed by atoms with van der Waals surface area (Å²) in [4.78, 5) is 50.1.